The molecule has 466 valence electrons. The number of sulfonamides is 1. The molecule has 7 rings (SSSR count). The maximum absolute atomic E-state index is 15.7. The van der Waals surface area contributed by atoms with Crippen LogP contribution < -0.4 is 19.5 Å². The van der Waals surface area contributed by atoms with Crippen LogP contribution in [0.15, 0.2) is 54.6 Å². The van der Waals surface area contributed by atoms with E-state index in [9.17, 15) is 90.3 Å². The van der Waals surface area contributed by atoms with Crippen molar-refractivity contribution < 1.29 is 104 Å². The lowest BCUT2D eigenvalue weighted by atomic mass is 9.78. The van der Waals surface area contributed by atoms with Crippen molar-refractivity contribution in [3.8, 4) is 28.7 Å². The van der Waals surface area contributed by atoms with Gasteiger partial charge in [0.15, 0.2) is 21.3 Å². The molecule has 0 saturated heterocycles. The molecule has 5 N–H and O–H groups in total. The standard InChI is InChI=1S/C51H50ClF10N7O13P2S2/c1-25-15-31(83(72,73)74)21-37(82-84(75,76)77)41(25)47(3,4)22-39(71)69(86(8,80)81)46-40-35(52)12-11-33(43(40)68(66-46)24-49(55,56)57)32-10-9-30(13-14-48(5,6)85(7,78)79)63-42(32)36(19-27-17-28(53)20-29(54)18-27)64-38(70)23-67-45-34(16-26(2)50(45,58)59)44(65-67)51(60,61)62/h9-12,15,17-18,20-21,26,36H,16,19,22-24H2,1-8H3,(H,64,70)(H2,72,73,74)(H2,75,76,77)/t26-,36+/m1/s1. The molecule has 20 nitrogen and oxygen atoms in total. The minimum absolute atomic E-state index is 0.0497. The van der Waals surface area contributed by atoms with Crippen molar-refractivity contribution in [1.29, 1.82) is 0 Å². The summed E-state index contributed by atoms with van der Waals surface area (Å²) in [6.07, 6.45) is -12.0. The number of hydrogen-bond donors (Lipinski definition) is 5. The van der Waals surface area contributed by atoms with Crippen molar-refractivity contribution in [3.05, 3.63) is 116 Å². The number of sulfone groups is 1. The van der Waals surface area contributed by atoms with Crippen molar-refractivity contribution in [2.75, 3.05) is 16.8 Å². The lowest BCUT2D eigenvalue weighted by Gasteiger charge is -2.31. The Balaban J connectivity index is 1.49. The summed E-state index contributed by atoms with van der Waals surface area (Å²) in [5.74, 6) is -7.99. The van der Waals surface area contributed by atoms with E-state index in [2.05, 4.69) is 32.3 Å². The van der Waals surface area contributed by atoms with Gasteiger partial charge in [-0.1, -0.05) is 44.4 Å². The number of nitrogens with one attached hydrogen (secondary N) is 1. The van der Waals surface area contributed by atoms with Crippen LogP contribution in [-0.2, 0) is 82.0 Å². The first-order valence-electron chi connectivity index (χ1n) is 24.8. The summed E-state index contributed by atoms with van der Waals surface area (Å²) in [6.45, 7) is 3.45. The maximum atomic E-state index is 15.7. The summed E-state index contributed by atoms with van der Waals surface area (Å²) >= 11 is 6.75. The van der Waals surface area contributed by atoms with Crippen LogP contribution in [0.2, 0.25) is 5.02 Å². The molecule has 3 heterocycles. The van der Waals surface area contributed by atoms with Crippen LogP contribution in [0.5, 0.6) is 5.75 Å². The van der Waals surface area contributed by atoms with Crippen LogP contribution in [0, 0.1) is 36.3 Å². The van der Waals surface area contributed by atoms with Gasteiger partial charge in [-0.25, -0.2) is 35.2 Å². The molecule has 86 heavy (non-hydrogen) atoms. The first kappa shape index (κ1) is 67.1. The molecule has 0 radical (unpaired) electrons. The van der Waals surface area contributed by atoms with Crippen LogP contribution in [-0.4, -0.2) is 96.2 Å². The van der Waals surface area contributed by atoms with E-state index in [4.69, 9.17) is 16.1 Å². The average molecular weight is 1320 g/mol. The number of phosphoric ester groups is 1. The molecule has 3 aromatic heterocycles. The maximum Gasteiger partial charge on any atom is 0.524 e. The largest absolute Gasteiger partial charge is 0.524 e. The fourth-order valence-electron chi connectivity index (χ4n) is 9.85. The molecule has 2 amide bonds. The van der Waals surface area contributed by atoms with Crippen molar-refractivity contribution in [1.82, 2.24) is 29.9 Å². The van der Waals surface area contributed by atoms with E-state index >= 15 is 8.78 Å². The molecule has 1 aliphatic carbocycles. The minimum atomic E-state index is -5.58. The summed E-state index contributed by atoms with van der Waals surface area (Å²) in [6, 6.07) is 5.67. The summed E-state index contributed by atoms with van der Waals surface area (Å²) in [4.78, 5) is 73.0. The van der Waals surface area contributed by atoms with Crippen LogP contribution in [0.25, 0.3) is 22.0 Å². The van der Waals surface area contributed by atoms with Gasteiger partial charge in [0.25, 0.3) is 5.92 Å². The first-order chi connectivity index (χ1) is 39.0. The zero-order valence-corrected chi connectivity index (χ0v) is 50.1. The highest BCUT2D eigenvalue weighted by molar-refractivity contribution is 7.93. The number of aryl methyl sites for hydroxylation is 1. The van der Waals surface area contributed by atoms with Crippen molar-refractivity contribution in [2.24, 2.45) is 5.92 Å². The Morgan fingerprint density at radius 1 is 0.907 bits per heavy atom. The molecule has 0 spiro atoms. The molecule has 0 unspecified atom stereocenters. The third-order valence-corrected chi connectivity index (χ3v) is 18.4. The summed E-state index contributed by atoms with van der Waals surface area (Å²) in [7, 11) is -19.9. The van der Waals surface area contributed by atoms with E-state index in [0.29, 0.717) is 18.4 Å². The lowest BCUT2D eigenvalue weighted by molar-refractivity contribution is -0.143. The molecule has 0 fully saturated rings. The quantitative estimate of drug-likeness (QED) is 0.0324. The number of carbonyl (C=O) groups excluding carboxylic acids is 2. The Morgan fingerprint density at radius 2 is 1.51 bits per heavy atom. The predicted molar refractivity (Wildman–Crippen MR) is 290 cm³/mol. The molecule has 2 atom stereocenters. The fraction of sp³-hybridized carbons (Fsp3) is 0.392. The Morgan fingerprint density at radius 3 is 2.06 bits per heavy atom. The normalized spacial score (nSPS) is 15.5. The van der Waals surface area contributed by atoms with Gasteiger partial charge in [-0.2, -0.15) is 49.6 Å². The smallest absolute Gasteiger partial charge is 0.404 e. The molecule has 6 aromatic rings. The van der Waals surface area contributed by atoms with E-state index < -0.39 is 198 Å². The van der Waals surface area contributed by atoms with E-state index in [-0.39, 0.29) is 36.1 Å². The third-order valence-electron chi connectivity index (χ3n) is 13.7. The lowest BCUT2D eigenvalue weighted by Crippen LogP contribution is -2.40. The third kappa shape index (κ3) is 14.4. The first-order valence-corrected chi connectivity index (χ1v) is 32.1. The number of alkyl halides is 8. The second kappa shape index (κ2) is 22.9. The van der Waals surface area contributed by atoms with Crippen LogP contribution in [0.4, 0.5) is 49.7 Å². The van der Waals surface area contributed by atoms with Gasteiger partial charge in [0, 0.05) is 52.3 Å². The zero-order valence-electron chi connectivity index (χ0n) is 45.9. The number of phosphoric acid groups is 1. The highest BCUT2D eigenvalue weighted by Gasteiger charge is 2.54. The second-order valence-electron chi connectivity index (χ2n) is 21.5. The summed E-state index contributed by atoms with van der Waals surface area (Å²) < 4.78 is 230. The van der Waals surface area contributed by atoms with Crippen molar-refractivity contribution in [3.63, 3.8) is 0 Å². The number of aromatic nitrogens is 5. The van der Waals surface area contributed by atoms with Crippen molar-refractivity contribution >= 4 is 80.7 Å². The summed E-state index contributed by atoms with van der Waals surface area (Å²) in [5, 5.41) is 7.54. The van der Waals surface area contributed by atoms with Gasteiger partial charge in [0.1, 0.15) is 46.6 Å². The Bertz CT molecular complexity index is 4150. The number of carbonyl (C=O) groups is 2. The average Bonchev–Trinajstić information content (AvgIpc) is 1.54. The van der Waals surface area contributed by atoms with E-state index in [1.807, 2.05) is 0 Å². The highest BCUT2D eigenvalue weighted by atomic mass is 35.5. The van der Waals surface area contributed by atoms with Gasteiger partial charge in [-0.3, -0.25) is 33.3 Å². The van der Waals surface area contributed by atoms with Crippen LogP contribution in [0.1, 0.15) is 92.1 Å². The van der Waals surface area contributed by atoms with Crippen LogP contribution >= 0.6 is 27.0 Å². The number of benzene rings is 3. The van der Waals surface area contributed by atoms with Gasteiger partial charge in [0.05, 0.1) is 39.2 Å². The van der Waals surface area contributed by atoms with Gasteiger partial charge >= 0.3 is 27.8 Å². The fourth-order valence-corrected chi connectivity index (χ4v) is 12.3. The Labute approximate surface area is 488 Å². The number of rotatable bonds is 17. The van der Waals surface area contributed by atoms with Crippen LogP contribution in [0.3, 0.4) is 0 Å². The SMILES string of the molecule is Cc1cc(P(=O)(O)O)cc(OP(=O)(O)O)c1C(C)(C)CC(=O)N(c1nn(CC(F)(F)F)c2c(-c3ccc(C#CC(C)(C)S(C)(=O)=O)nc3[C@H](Cc3cc(F)cc(F)c3)NC(=O)Cn3nc(C(F)(F)F)c4c3C(F)(F)[C@H](C)C4)ccc(Cl)c12)S(C)(=O)=O. The zero-order chi connectivity index (χ0) is 64.8. The molecule has 3 aromatic carbocycles. The number of amides is 2. The van der Waals surface area contributed by atoms with Gasteiger partial charge < -0.3 is 19.6 Å². The van der Waals surface area contributed by atoms with Gasteiger partial charge in [0.2, 0.25) is 21.8 Å². The molecule has 35 heteroatoms. The van der Waals surface area contributed by atoms with Gasteiger partial charge in [-0.05, 0) is 93.1 Å². The molecule has 0 saturated carbocycles. The van der Waals surface area contributed by atoms with Crippen molar-refractivity contribution in [2.45, 2.75) is 108 Å². The second-order valence-corrected chi connectivity index (χ2v) is 29.1. The topological polar surface area (TPSA) is 291 Å². The molecule has 1 aliphatic rings. The number of nitrogens with zero attached hydrogens (tertiary/aromatic N) is 6. The molecule has 0 aliphatic heterocycles. The Kier molecular flexibility index (Phi) is 17.9. The van der Waals surface area contributed by atoms with Gasteiger partial charge in [-0.15, -0.1) is 0 Å². The van der Waals surface area contributed by atoms with E-state index in [0.717, 1.165) is 55.6 Å². The van der Waals surface area contributed by atoms with E-state index in [1.165, 1.54) is 34.6 Å². The number of anilines is 1. The van der Waals surface area contributed by atoms with E-state index in [1.54, 1.807) is 0 Å². The number of hydrogen-bond acceptors (Lipinski definition) is 12. The Hall–Kier alpha value is -6.42. The number of halogens is 11. The molecular weight excluding hydrogens is 1270 g/mol. The monoisotopic (exact) mass is 1320 g/mol. The molecular formula is C51H50ClF10N7O13P2S2. The number of fused-ring (bicyclic) bond motifs is 2. The summed E-state index contributed by atoms with van der Waals surface area (Å²) in [5.41, 5.74) is -9.20. The molecule has 0 bridgehead atoms. The minimum Gasteiger partial charge on any atom is -0.404 e. The number of pyridine rings is 1. The predicted octanol–water partition coefficient (Wildman–Crippen LogP) is 8.61. The highest BCUT2D eigenvalue weighted by Crippen LogP contribution is 2.51.